The van der Waals surface area contributed by atoms with Crippen LogP contribution in [0.3, 0.4) is 0 Å². The van der Waals surface area contributed by atoms with Crippen molar-refractivity contribution in [2.45, 2.75) is 6.04 Å². The van der Waals surface area contributed by atoms with Crippen LogP contribution in [0, 0.1) is 0 Å². The zero-order valence-corrected chi connectivity index (χ0v) is 10.5. The van der Waals surface area contributed by atoms with E-state index < -0.39 is 5.56 Å². The maximum absolute atomic E-state index is 11.7. The van der Waals surface area contributed by atoms with Crippen LogP contribution in [0.1, 0.15) is 6.04 Å². The molecule has 0 aliphatic heterocycles. The summed E-state index contributed by atoms with van der Waals surface area (Å²) in [4.78, 5) is 15.4. The first-order chi connectivity index (χ1) is 7.60. The molecule has 0 amide bonds. The van der Waals surface area contributed by atoms with Crippen molar-refractivity contribution in [3.8, 4) is 0 Å². The monoisotopic (exact) mass is 266 g/mol. The lowest BCUT2D eigenvalue weighted by Crippen LogP contribution is -2.30. The maximum Gasteiger partial charge on any atom is 0.288 e. The molecule has 90 valence electrons. The Bertz CT molecular complexity index is 402. The van der Waals surface area contributed by atoms with E-state index in [-0.39, 0.29) is 16.3 Å². The van der Waals surface area contributed by atoms with E-state index in [1.54, 1.807) is 0 Å². The second kappa shape index (κ2) is 6.20. The highest BCUT2D eigenvalue weighted by molar-refractivity contribution is 6.32. The molecule has 7 heteroatoms. The van der Waals surface area contributed by atoms with Crippen LogP contribution in [0.2, 0.25) is 10.3 Å². The number of aromatic nitrogens is 2. The molecule has 0 N–H and O–H groups in total. The van der Waals surface area contributed by atoms with Gasteiger partial charge in [0.1, 0.15) is 5.15 Å². The van der Waals surface area contributed by atoms with E-state index in [9.17, 15) is 4.79 Å². The number of hydrogen-bond donors (Lipinski definition) is 0. The van der Waals surface area contributed by atoms with Gasteiger partial charge in [0.15, 0.2) is 5.15 Å². The van der Waals surface area contributed by atoms with Gasteiger partial charge in [-0.2, -0.15) is 0 Å². The molecular formula is C9H12Cl2N2O3. The molecule has 0 saturated carbocycles. The average Bonchev–Trinajstić information content (AvgIpc) is 2.23. The van der Waals surface area contributed by atoms with Gasteiger partial charge < -0.3 is 14.0 Å². The van der Waals surface area contributed by atoms with Crippen molar-refractivity contribution in [1.82, 2.24) is 9.55 Å². The Morgan fingerprint density at radius 3 is 2.44 bits per heavy atom. The summed E-state index contributed by atoms with van der Waals surface area (Å²) in [5.74, 6) is 0. The minimum absolute atomic E-state index is 0.154. The van der Waals surface area contributed by atoms with Crippen LogP contribution in [0.15, 0.2) is 11.0 Å². The predicted molar refractivity (Wildman–Crippen MR) is 61.3 cm³/mol. The summed E-state index contributed by atoms with van der Waals surface area (Å²) in [6.07, 6.45) is 1.42. The average molecular weight is 267 g/mol. The molecule has 1 heterocycles. The Hall–Kier alpha value is -0.620. The van der Waals surface area contributed by atoms with Crippen LogP contribution >= 0.6 is 23.2 Å². The van der Waals surface area contributed by atoms with Crippen molar-refractivity contribution >= 4 is 23.2 Å². The summed E-state index contributed by atoms with van der Waals surface area (Å²) in [5.41, 5.74) is -0.412. The summed E-state index contributed by atoms with van der Waals surface area (Å²) in [6, 6.07) is -0.277. The first-order valence-corrected chi connectivity index (χ1v) is 5.27. The quantitative estimate of drug-likeness (QED) is 0.808. The molecule has 0 unspecified atom stereocenters. The molecule has 0 aromatic carbocycles. The highest BCUT2D eigenvalue weighted by atomic mass is 35.5. The van der Waals surface area contributed by atoms with Crippen LogP contribution in [0.4, 0.5) is 0 Å². The largest absolute Gasteiger partial charge is 0.382 e. The van der Waals surface area contributed by atoms with E-state index in [2.05, 4.69) is 4.98 Å². The first-order valence-electron chi connectivity index (χ1n) is 4.52. The van der Waals surface area contributed by atoms with Gasteiger partial charge >= 0.3 is 0 Å². The number of ether oxygens (including phenoxy) is 2. The fourth-order valence-electron chi connectivity index (χ4n) is 1.32. The zero-order chi connectivity index (χ0) is 12.1. The molecule has 0 radical (unpaired) electrons. The number of halogens is 2. The molecule has 5 nitrogen and oxygen atoms in total. The molecule has 1 aromatic heterocycles. The molecule has 1 rings (SSSR count). The molecule has 16 heavy (non-hydrogen) atoms. The molecule has 0 saturated heterocycles. The van der Waals surface area contributed by atoms with Crippen LogP contribution in [0.5, 0.6) is 0 Å². The minimum Gasteiger partial charge on any atom is -0.382 e. The molecule has 0 bridgehead atoms. The second-order valence-electron chi connectivity index (χ2n) is 3.13. The van der Waals surface area contributed by atoms with Gasteiger partial charge in [0.25, 0.3) is 5.56 Å². The van der Waals surface area contributed by atoms with Gasteiger partial charge in [-0.15, -0.1) is 0 Å². The third-order valence-corrected chi connectivity index (χ3v) is 2.40. The summed E-state index contributed by atoms with van der Waals surface area (Å²) < 4.78 is 11.4. The standard InChI is InChI=1S/C9H12Cl2N2O3/c1-15-4-6(5-16-2)13-3-7(10)12-8(11)9(13)14/h3,6H,4-5H2,1-2H3. The minimum atomic E-state index is -0.412. The second-order valence-corrected chi connectivity index (χ2v) is 3.88. The van der Waals surface area contributed by atoms with E-state index in [0.29, 0.717) is 13.2 Å². The van der Waals surface area contributed by atoms with Crippen molar-refractivity contribution in [2.24, 2.45) is 0 Å². The lowest BCUT2D eigenvalue weighted by molar-refractivity contribution is 0.0878. The molecule has 0 fully saturated rings. The van der Waals surface area contributed by atoms with Crippen molar-refractivity contribution < 1.29 is 9.47 Å². The van der Waals surface area contributed by atoms with E-state index >= 15 is 0 Å². The summed E-state index contributed by atoms with van der Waals surface area (Å²) in [7, 11) is 3.08. The van der Waals surface area contributed by atoms with Crippen LogP contribution < -0.4 is 5.56 Å². The summed E-state index contributed by atoms with van der Waals surface area (Å²) >= 11 is 11.4. The van der Waals surface area contributed by atoms with Gasteiger partial charge in [-0.3, -0.25) is 4.79 Å². The molecule has 0 spiro atoms. The first kappa shape index (κ1) is 13.4. The third-order valence-electron chi connectivity index (χ3n) is 1.97. The Labute approximate surface area is 103 Å². The van der Waals surface area contributed by atoms with E-state index in [0.717, 1.165) is 0 Å². The zero-order valence-electron chi connectivity index (χ0n) is 8.94. The fraction of sp³-hybridized carbons (Fsp3) is 0.556. The molecule has 0 atom stereocenters. The topological polar surface area (TPSA) is 53.4 Å². The fourth-order valence-corrected chi connectivity index (χ4v) is 1.74. The van der Waals surface area contributed by atoms with Crippen LogP contribution in [-0.4, -0.2) is 37.0 Å². The van der Waals surface area contributed by atoms with Gasteiger partial charge in [0.2, 0.25) is 0 Å². The number of hydrogen-bond acceptors (Lipinski definition) is 4. The molecule has 1 aromatic rings. The van der Waals surface area contributed by atoms with Gasteiger partial charge in [0.05, 0.1) is 19.3 Å². The summed E-state index contributed by atoms with van der Waals surface area (Å²) in [5, 5.41) is -0.00786. The number of nitrogens with zero attached hydrogens (tertiary/aromatic N) is 2. The van der Waals surface area contributed by atoms with Crippen LogP contribution in [-0.2, 0) is 9.47 Å². The van der Waals surface area contributed by atoms with E-state index in [1.165, 1.54) is 25.0 Å². The van der Waals surface area contributed by atoms with Crippen molar-refractivity contribution in [3.05, 3.63) is 26.9 Å². The van der Waals surface area contributed by atoms with Crippen molar-refractivity contribution in [2.75, 3.05) is 27.4 Å². The molecule has 0 aliphatic rings. The third kappa shape index (κ3) is 3.18. The molecular weight excluding hydrogens is 255 g/mol. The Morgan fingerprint density at radius 2 is 1.94 bits per heavy atom. The summed E-state index contributed by atoms with van der Waals surface area (Å²) in [6.45, 7) is 0.648. The molecule has 0 aliphatic carbocycles. The smallest absolute Gasteiger partial charge is 0.288 e. The lowest BCUT2D eigenvalue weighted by Gasteiger charge is -2.18. The van der Waals surface area contributed by atoms with Crippen LogP contribution in [0.25, 0.3) is 0 Å². The highest BCUT2D eigenvalue weighted by Crippen LogP contribution is 2.11. The Kier molecular flexibility index (Phi) is 5.21. The van der Waals surface area contributed by atoms with E-state index in [4.69, 9.17) is 32.7 Å². The SMILES string of the molecule is COCC(COC)n1cc(Cl)nc(Cl)c1=O. The Balaban J connectivity index is 3.12. The van der Waals surface area contributed by atoms with Gasteiger partial charge in [0, 0.05) is 20.4 Å². The lowest BCUT2D eigenvalue weighted by atomic mass is 10.3. The highest BCUT2D eigenvalue weighted by Gasteiger charge is 2.15. The Morgan fingerprint density at radius 1 is 1.38 bits per heavy atom. The maximum atomic E-state index is 11.7. The van der Waals surface area contributed by atoms with Gasteiger partial charge in [-0.1, -0.05) is 23.2 Å². The van der Waals surface area contributed by atoms with Gasteiger partial charge in [-0.05, 0) is 0 Å². The van der Waals surface area contributed by atoms with Crippen molar-refractivity contribution in [3.63, 3.8) is 0 Å². The van der Waals surface area contributed by atoms with Gasteiger partial charge in [-0.25, -0.2) is 4.98 Å². The normalized spacial score (nSPS) is 11.1. The van der Waals surface area contributed by atoms with E-state index in [1.807, 2.05) is 0 Å². The predicted octanol–water partition coefficient (Wildman–Crippen LogP) is 1.38. The van der Waals surface area contributed by atoms with Crippen molar-refractivity contribution in [1.29, 1.82) is 0 Å². The number of methoxy groups -OCH3 is 2. The number of rotatable bonds is 5.